The summed E-state index contributed by atoms with van der Waals surface area (Å²) in [4.78, 5) is 12.9. The molecule has 0 aliphatic carbocycles. The minimum absolute atomic E-state index is 0.106. The number of benzene rings is 1. The van der Waals surface area contributed by atoms with Gasteiger partial charge in [-0.1, -0.05) is 12.1 Å². The highest BCUT2D eigenvalue weighted by Gasteiger charge is 2.30. The van der Waals surface area contributed by atoms with Gasteiger partial charge in [-0.25, -0.2) is 0 Å². The standard InChI is InChI=1S/C13H15F2NO3/c14-13(15)19-10-5-3-9(4-6-10)8-16-7-1-2-11(16)12(17)18/h3-6,11,13H,1-2,7-8H2,(H,17,18)/t11-/m0/s1. The van der Waals surface area contributed by atoms with Crippen LogP contribution in [-0.4, -0.2) is 35.2 Å². The van der Waals surface area contributed by atoms with Gasteiger partial charge in [0, 0.05) is 6.54 Å². The minimum Gasteiger partial charge on any atom is -0.480 e. The molecular weight excluding hydrogens is 256 g/mol. The van der Waals surface area contributed by atoms with E-state index in [9.17, 15) is 13.6 Å². The molecule has 6 heteroatoms. The molecule has 1 atom stereocenters. The van der Waals surface area contributed by atoms with Crippen molar-refractivity contribution in [3.05, 3.63) is 29.8 Å². The third-order valence-corrected chi connectivity index (χ3v) is 3.18. The fourth-order valence-corrected chi connectivity index (χ4v) is 2.31. The van der Waals surface area contributed by atoms with E-state index in [1.807, 2.05) is 4.90 Å². The van der Waals surface area contributed by atoms with Crippen molar-refractivity contribution in [2.45, 2.75) is 32.0 Å². The zero-order valence-electron chi connectivity index (χ0n) is 10.3. The van der Waals surface area contributed by atoms with Crippen molar-refractivity contribution >= 4 is 5.97 Å². The molecule has 1 saturated heterocycles. The number of hydrogen-bond acceptors (Lipinski definition) is 3. The lowest BCUT2D eigenvalue weighted by atomic mass is 10.2. The van der Waals surface area contributed by atoms with E-state index in [4.69, 9.17) is 5.11 Å². The second-order valence-electron chi connectivity index (χ2n) is 4.49. The van der Waals surface area contributed by atoms with E-state index in [0.717, 1.165) is 18.5 Å². The van der Waals surface area contributed by atoms with Gasteiger partial charge in [-0.2, -0.15) is 8.78 Å². The van der Waals surface area contributed by atoms with E-state index < -0.39 is 18.6 Å². The van der Waals surface area contributed by atoms with Gasteiger partial charge in [0.1, 0.15) is 11.8 Å². The lowest BCUT2D eigenvalue weighted by Gasteiger charge is -2.21. The number of rotatable bonds is 5. The Bertz CT molecular complexity index is 436. The third-order valence-electron chi connectivity index (χ3n) is 3.18. The van der Waals surface area contributed by atoms with Crippen LogP contribution in [0.4, 0.5) is 8.78 Å². The number of ether oxygens (including phenoxy) is 1. The Labute approximate surface area is 109 Å². The number of carboxylic acids is 1. The molecule has 4 nitrogen and oxygen atoms in total. The van der Waals surface area contributed by atoms with E-state index >= 15 is 0 Å². The van der Waals surface area contributed by atoms with Gasteiger partial charge in [0.25, 0.3) is 0 Å². The summed E-state index contributed by atoms with van der Waals surface area (Å²) in [6.07, 6.45) is 1.52. The minimum atomic E-state index is -2.83. The normalized spacial score (nSPS) is 19.8. The molecule has 1 aromatic carbocycles. The SMILES string of the molecule is O=C(O)[C@@H]1CCCN1Cc1ccc(OC(F)F)cc1. The number of likely N-dealkylation sites (tertiary alicyclic amines) is 1. The maximum absolute atomic E-state index is 12.0. The van der Waals surface area contributed by atoms with Crippen molar-refractivity contribution < 1.29 is 23.4 Å². The molecule has 2 rings (SSSR count). The molecule has 1 N–H and O–H groups in total. The van der Waals surface area contributed by atoms with E-state index in [1.165, 1.54) is 12.1 Å². The smallest absolute Gasteiger partial charge is 0.387 e. The highest BCUT2D eigenvalue weighted by molar-refractivity contribution is 5.73. The van der Waals surface area contributed by atoms with Crippen LogP contribution in [0.2, 0.25) is 0 Å². The third kappa shape index (κ3) is 3.64. The molecule has 1 aliphatic heterocycles. The van der Waals surface area contributed by atoms with Gasteiger partial charge in [-0.05, 0) is 37.1 Å². The highest BCUT2D eigenvalue weighted by atomic mass is 19.3. The molecule has 1 heterocycles. The summed E-state index contributed by atoms with van der Waals surface area (Å²) in [5.74, 6) is -0.704. The molecule has 0 spiro atoms. The number of aliphatic carboxylic acids is 1. The maximum atomic E-state index is 12.0. The first-order chi connectivity index (χ1) is 9.06. The van der Waals surface area contributed by atoms with E-state index in [2.05, 4.69) is 4.74 Å². The van der Waals surface area contributed by atoms with Crippen LogP contribution in [0.1, 0.15) is 18.4 Å². The van der Waals surface area contributed by atoms with Crippen LogP contribution in [-0.2, 0) is 11.3 Å². The van der Waals surface area contributed by atoms with Gasteiger partial charge in [-0.3, -0.25) is 9.69 Å². The quantitative estimate of drug-likeness (QED) is 0.893. The van der Waals surface area contributed by atoms with E-state index in [0.29, 0.717) is 13.0 Å². The van der Waals surface area contributed by atoms with Gasteiger partial charge in [0.05, 0.1) is 0 Å². The average Bonchev–Trinajstić information content (AvgIpc) is 2.79. The van der Waals surface area contributed by atoms with Crippen molar-refractivity contribution in [3.8, 4) is 5.75 Å². The molecule has 1 aliphatic rings. The van der Waals surface area contributed by atoms with Crippen molar-refractivity contribution in [2.24, 2.45) is 0 Å². The predicted octanol–water partition coefficient (Wildman–Crippen LogP) is 2.34. The first kappa shape index (κ1) is 13.7. The van der Waals surface area contributed by atoms with Crippen LogP contribution < -0.4 is 4.74 Å². The fraction of sp³-hybridized carbons (Fsp3) is 0.462. The summed E-state index contributed by atoms with van der Waals surface area (Å²) in [6, 6.07) is 5.84. The number of nitrogens with zero attached hydrogens (tertiary/aromatic N) is 1. The van der Waals surface area contributed by atoms with Crippen LogP contribution >= 0.6 is 0 Å². The molecule has 0 aromatic heterocycles. The molecule has 0 saturated carbocycles. The Morgan fingerprint density at radius 1 is 1.42 bits per heavy atom. The number of halogens is 2. The fourth-order valence-electron chi connectivity index (χ4n) is 2.31. The monoisotopic (exact) mass is 271 g/mol. The summed E-state index contributed by atoms with van der Waals surface area (Å²) >= 11 is 0. The lowest BCUT2D eigenvalue weighted by Crippen LogP contribution is -2.35. The molecule has 19 heavy (non-hydrogen) atoms. The topological polar surface area (TPSA) is 49.8 Å². The van der Waals surface area contributed by atoms with Crippen LogP contribution in [0.25, 0.3) is 0 Å². The number of carbonyl (C=O) groups is 1. The van der Waals surface area contributed by atoms with Crippen molar-refractivity contribution in [1.82, 2.24) is 4.90 Å². The second-order valence-corrected chi connectivity index (χ2v) is 4.49. The van der Waals surface area contributed by atoms with Crippen molar-refractivity contribution in [2.75, 3.05) is 6.54 Å². The number of alkyl halides is 2. The zero-order chi connectivity index (χ0) is 13.8. The Kier molecular flexibility index (Phi) is 4.31. The van der Waals surface area contributed by atoms with Gasteiger partial charge in [0.15, 0.2) is 0 Å². The zero-order valence-corrected chi connectivity index (χ0v) is 10.3. The molecule has 104 valence electrons. The van der Waals surface area contributed by atoms with Gasteiger partial charge in [0.2, 0.25) is 0 Å². The number of carboxylic acid groups (broad SMARTS) is 1. The Balaban J connectivity index is 1.97. The molecule has 0 bridgehead atoms. The molecular formula is C13H15F2NO3. The Morgan fingerprint density at radius 2 is 2.11 bits per heavy atom. The summed E-state index contributed by atoms with van der Waals surface area (Å²) in [7, 11) is 0. The van der Waals surface area contributed by atoms with Crippen LogP contribution in [0.5, 0.6) is 5.75 Å². The molecule has 0 radical (unpaired) electrons. The lowest BCUT2D eigenvalue weighted by molar-refractivity contribution is -0.142. The van der Waals surface area contributed by atoms with E-state index in [-0.39, 0.29) is 5.75 Å². The Hall–Kier alpha value is -1.69. The number of hydrogen-bond donors (Lipinski definition) is 1. The predicted molar refractivity (Wildman–Crippen MR) is 64.1 cm³/mol. The molecule has 1 aromatic rings. The maximum Gasteiger partial charge on any atom is 0.387 e. The molecule has 0 unspecified atom stereocenters. The summed E-state index contributed by atoms with van der Waals surface area (Å²) in [6.45, 7) is -1.58. The van der Waals surface area contributed by atoms with Crippen molar-refractivity contribution in [3.63, 3.8) is 0 Å². The van der Waals surface area contributed by atoms with Crippen molar-refractivity contribution in [1.29, 1.82) is 0 Å². The Morgan fingerprint density at radius 3 is 2.68 bits per heavy atom. The van der Waals surface area contributed by atoms with Gasteiger partial charge < -0.3 is 9.84 Å². The highest BCUT2D eigenvalue weighted by Crippen LogP contribution is 2.22. The summed E-state index contributed by atoms with van der Waals surface area (Å²) in [5.41, 5.74) is 0.884. The van der Waals surface area contributed by atoms with Crippen LogP contribution in [0.15, 0.2) is 24.3 Å². The van der Waals surface area contributed by atoms with E-state index in [1.54, 1.807) is 12.1 Å². The van der Waals surface area contributed by atoms with Crippen LogP contribution in [0, 0.1) is 0 Å². The molecule has 1 fully saturated rings. The van der Waals surface area contributed by atoms with Crippen LogP contribution in [0.3, 0.4) is 0 Å². The average molecular weight is 271 g/mol. The largest absolute Gasteiger partial charge is 0.480 e. The van der Waals surface area contributed by atoms with Gasteiger partial charge in [-0.15, -0.1) is 0 Å². The van der Waals surface area contributed by atoms with Gasteiger partial charge >= 0.3 is 12.6 Å². The summed E-state index contributed by atoms with van der Waals surface area (Å²) in [5, 5.41) is 9.06. The molecule has 0 amide bonds. The first-order valence-corrected chi connectivity index (χ1v) is 6.07. The summed E-state index contributed by atoms with van der Waals surface area (Å²) < 4.78 is 28.2. The first-order valence-electron chi connectivity index (χ1n) is 6.07. The second kappa shape index (κ2) is 5.97.